The maximum absolute atomic E-state index is 12.5. The lowest BCUT2D eigenvalue weighted by atomic mass is 9.91. The van der Waals surface area contributed by atoms with Crippen LogP contribution in [0.2, 0.25) is 0 Å². The minimum Gasteiger partial charge on any atom is -0.493 e. The van der Waals surface area contributed by atoms with Crippen LogP contribution in [0.5, 0.6) is 11.5 Å². The number of ether oxygens (including phenoxy) is 2. The topological polar surface area (TPSA) is 98.0 Å². The van der Waals surface area contributed by atoms with Crippen LogP contribution in [0, 0.1) is 0 Å². The lowest BCUT2D eigenvalue weighted by molar-refractivity contribution is 0.0694. The van der Waals surface area contributed by atoms with Gasteiger partial charge in [0.2, 0.25) is 0 Å². The molecule has 0 spiro atoms. The van der Waals surface area contributed by atoms with Crippen molar-refractivity contribution in [3.05, 3.63) is 68.1 Å². The molecule has 0 amide bonds. The van der Waals surface area contributed by atoms with E-state index in [1.54, 1.807) is 18.4 Å². The van der Waals surface area contributed by atoms with Gasteiger partial charge in [-0.15, -0.1) is 11.3 Å². The van der Waals surface area contributed by atoms with Crippen molar-refractivity contribution in [1.82, 2.24) is 4.57 Å². The minimum atomic E-state index is -1.23. The molecule has 0 radical (unpaired) electrons. The van der Waals surface area contributed by atoms with Crippen molar-refractivity contribution in [2.75, 3.05) is 20.3 Å². The van der Waals surface area contributed by atoms with Gasteiger partial charge >= 0.3 is 5.97 Å². The molecule has 2 aromatic heterocycles. The largest absolute Gasteiger partial charge is 0.493 e. The van der Waals surface area contributed by atoms with Crippen LogP contribution in [-0.2, 0) is 6.42 Å². The molecule has 33 heavy (non-hydrogen) atoms. The molecule has 4 rings (SSSR count). The summed E-state index contributed by atoms with van der Waals surface area (Å²) in [6, 6.07) is 9.12. The number of carboxylic acid groups (broad SMARTS) is 1. The highest BCUT2D eigenvalue weighted by Gasteiger charge is 2.29. The number of aliphatic hydroxyl groups is 1. The predicted molar refractivity (Wildman–Crippen MR) is 127 cm³/mol. The Morgan fingerprint density at radius 3 is 2.70 bits per heavy atom. The van der Waals surface area contributed by atoms with E-state index in [9.17, 15) is 14.7 Å². The second-order valence-corrected chi connectivity index (χ2v) is 9.01. The minimum absolute atomic E-state index is 0.120. The van der Waals surface area contributed by atoms with E-state index < -0.39 is 11.4 Å². The van der Waals surface area contributed by atoms with Gasteiger partial charge in [-0.2, -0.15) is 0 Å². The van der Waals surface area contributed by atoms with Gasteiger partial charge in [-0.1, -0.05) is 12.5 Å². The van der Waals surface area contributed by atoms with Gasteiger partial charge in [-0.05, 0) is 54.8 Å². The number of hydrogen-bond acceptors (Lipinski definition) is 6. The van der Waals surface area contributed by atoms with Gasteiger partial charge in [0.1, 0.15) is 5.56 Å². The maximum atomic E-state index is 12.5. The maximum Gasteiger partial charge on any atom is 0.341 e. The number of hydrogen-bond donors (Lipinski definition) is 2. The Hall–Kier alpha value is -3.10. The summed E-state index contributed by atoms with van der Waals surface area (Å²) in [5, 5.41) is 20.4. The highest BCUT2D eigenvalue weighted by molar-refractivity contribution is 7.10. The average Bonchev–Trinajstić information content (AvgIpc) is 3.34. The summed E-state index contributed by atoms with van der Waals surface area (Å²) < 4.78 is 13.5. The first-order valence-electron chi connectivity index (χ1n) is 11.0. The number of carboxylic acids is 1. The molecule has 0 bridgehead atoms. The van der Waals surface area contributed by atoms with E-state index in [2.05, 4.69) is 0 Å². The van der Waals surface area contributed by atoms with Crippen LogP contribution in [0.15, 0.2) is 46.7 Å². The Morgan fingerprint density at radius 1 is 1.18 bits per heavy atom. The van der Waals surface area contributed by atoms with Crippen molar-refractivity contribution in [3.8, 4) is 22.8 Å². The number of nitrogens with zero attached hydrogens (tertiary/aromatic N) is 1. The summed E-state index contributed by atoms with van der Waals surface area (Å²) in [4.78, 5) is 25.2. The van der Waals surface area contributed by atoms with E-state index in [1.165, 1.54) is 12.3 Å². The number of benzene rings is 1. The number of rotatable bonds is 10. The van der Waals surface area contributed by atoms with Crippen LogP contribution in [0.4, 0.5) is 0 Å². The van der Waals surface area contributed by atoms with Crippen molar-refractivity contribution in [2.45, 2.75) is 38.1 Å². The fourth-order valence-corrected chi connectivity index (χ4v) is 5.07. The van der Waals surface area contributed by atoms with Gasteiger partial charge < -0.3 is 24.3 Å². The zero-order valence-corrected chi connectivity index (χ0v) is 19.3. The van der Waals surface area contributed by atoms with E-state index in [0.717, 1.165) is 41.7 Å². The fourth-order valence-electron chi connectivity index (χ4n) is 4.24. The normalized spacial score (nSPS) is 14.4. The number of fused-ring (bicyclic) bond motifs is 3. The van der Waals surface area contributed by atoms with E-state index in [-0.39, 0.29) is 18.2 Å². The Kier molecular flexibility index (Phi) is 7.15. The molecule has 3 aromatic rings. The van der Waals surface area contributed by atoms with Gasteiger partial charge in [0.25, 0.3) is 0 Å². The Labute approximate surface area is 195 Å². The number of aromatic carboxylic acids is 1. The van der Waals surface area contributed by atoms with Crippen molar-refractivity contribution < 1.29 is 24.5 Å². The zero-order chi connectivity index (χ0) is 23.4. The van der Waals surface area contributed by atoms with Crippen molar-refractivity contribution >= 4 is 17.3 Å². The second kappa shape index (κ2) is 10.2. The van der Waals surface area contributed by atoms with Gasteiger partial charge in [0, 0.05) is 29.3 Å². The molecule has 8 heteroatoms. The first-order valence-corrected chi connectivity index (χ1v) is 11.9. The monoisotopic (exact) mass is 469 g/mol. The summed E-state index contributed by atoms with van der Waals surface area (Å²) in [5.74, 6) is -0.00683. The molecule has 1 aliphatic rings. The molecule has 3 heterocycles. The molecule has 0 saturated heterocycles. The molecule has 1 aliphatic heterocycles. The number of pyridine rings is 1. The highest BCUT2D eigenvalue weighted by Crippen LogP contribution is 2.43. The van der Waals surface area contributed by atoms with Crippen molar-refractivity contribution in [1.29, 1.82) is 0 Å². The number of thiophene rings is 1. The van der Waals surface area contributed by atoms with Crippen LogP contribution in [0.3, 0.4) is 0 Å². The van der Waals surface area contributed by atoms with E-state index in [0.29, 0.717) is 30.2 Å². The number of unbranched alkanes of at least 4 members (excludes halogenated alkanes) is 3. The van der Waals surface area contributed by atoms with E-state index >= 15 is 0 Å². The number of methoxy groups -OCH3 is 1. The summed E-state index contributed by atoms with van der Waals surface area (Å²) in [6.45, 7) is 0.760. The van der Waals surface area contributed by atoms with Gasteiger partial charge in [-0.25, -0.2) is 4.79 Å². The van der Waals surface area contributed by atoms with Crippen LogP contribution >= 0.6 is 11.3 Å². The molecule has 0 aliphatic carbocycles. The number of aliphatic hydroxyl groups excluding tert-OH is 1. The third kappa shape index (κ3) is 4.82. The molecule has 174 valence electrons. The average molecular weight is 470 g/mol. The highest BCUT2D eigenvalue weighted by atomic mass is 32.1. The van der Waals surface area contributed by atoms with E-state index in [1.807, 2.05) is 34.2 Å². The quantitative estimate of drug-likeness (QED) is 0.428. The summed E-state index contributed by atoms with van der Waals surface area (Å²) in [6.07, 6.45) is 5.73. The Balaban J connectivity index is 1.72. The number of carbonyl (C=O) groups is 1. The lowest BCUT2D eigenvalue weighted by Crippen LogP contribution is -2.25. The van der Waals surface area contributed by atoms with Crippen LogP contribution in [0.25, 0.3) is 11.3 Å². The van der Waals surface area contributed by atoms with Crippen molar-refractivity contribution in [2.24, 2.45) is 0 Å². The third-order valence-electron chi connectivity index (χ3n) is 5.91. The van der Waals surface area contributed by atoms with Crippen LogP contribution in [-0.4, -0.2) is 41.1 Å². The lowest BCUT2D eigenvalue weighted by Gasteiger charge is -2.31. The molecule has 7 nitrogen and oxygen atoms in total. The molecule has 1 unspecified atom stereocenters. The van der Waals surface area contributed by atoms with Crippen LogP contribution in [0.1, 0.15) is 52.5 Å². The molecular formula is C25H27NO6S. The SMILES string of the molecule is COc1cc2c(cc1OCCCCCCO)CC(c1cccs1)n1cc(C(=O)O)c(=O)cc1-2. The zero-order valence-electron chi connectivity index (χ0n) is 18.5. The Bertz CT molecular complexity index is 1180. The molecule has 0 saturated carbocycles. The van der Waals surface area contributed by atoms with Gasteiger partial charge in [-0.3, -0.25) is 4.79 Å². The molecule has 2 N–H and O–H groups in total. The number of aromatic nitrogens is 1. The van der Waals surface area contributed by atoms with Crippen molar-refractivity contribution in [3.63, 3.8) is 0 Å². The summed E-state index contributed by atoms with van der Waals surface area (Å²) in [7, 11) is 1.58. The molecule has 1 atom stereocenters. The summed E-state index contributed by atoms with van der Waals surface area (Å²) >= 11 is 1.60. The molecule has 0 fully saturated rings. The first kappa shape index (κ1) is 23.1. The summed E-state index contributed by atoms with van der Waals surface area (Å²) in [5.41, 5.74) is 1.76. The van der Waals surface area contributed by atoms with Crippen LogP contribution < -0.4 is 14.9 Å². The fraction of sp³-hybridized carbons (Fsp3) is 0.360. The second-order valence-electron chi connectivity index (χ2n) is 8.03. The van der Waals surface area contributed by atoms with E-state index in [4.69, 9.17) is 14.6 Å². The molecule has 1 aromatic carbocycles. The standard InChI is InChI=1S/C25H27NO6S/c1-31-22-13-17-16(12-23(22)32-9-5-3-2-4-8-27)11-20(24-7-6-10-33-24)26-15-18(25(29)30)21(28)14-19(17)26/h6-7,10,12-15,20,27H,2-5,8-9,11H2,1H3,(H,29,30). The van der Waals surface area contributed by atoms with Gasteiger partial charge in [0.15, 0.2) is 16.9 Å². The smallest absolute Gasteiger partial charge is 0.341 e. The molecular weight excluding hydrogens is 442 g/mol. The van der Waals surface area contributed by atoms with Gasteiger partial charge in [0.05, 0.1) is 25.5 Å². The third-order valence-corrected chi connectivity index (χ3v) is 6.88. The Morgan fingerprint density at radius 2 is 2.00 bits per heavy atom. The predicted octanol–water partition coefficient (Wildman–Crippen LogP) is 4.36. The first-order chi connectivity index (χ1) is 16.0.